The second-order valence-corrected chi connectivity index (χ2v) is 4.10. The highest BCUT2D eigenvalue weighted by Crippen LogP contribution is 2.28. The van der Waals surface area contributed by atoms with Crippen molar-refractivity contribution < 1.29 is 9.53 Å². The van der Waals surface area contributed by atoms with Crippen LogP contribution in [0.3, 0.4) is 0 Å². The number of hydrogen-bond acceptors (Lipinski definition) is 3. The first-order valence-corrected chi connectivity index (χ1v) is 5.37. The molecule has 0 aliphatic rings. The van der Waals surface area contributed by atoms with Crippen LogP contribution in [0.15, 0.2) is 12.1 Å². The van der Waals surface area contributed by atoms with Gasteiger partial charge in [-0.2, -0.15) is 0 Å². The minimum absolute atomic E-state index is 0.0673. The van der Waals surface area contributed by atoms with Gasteiger partial charge in [0.15, 0.2) is 5.78 Å². The molecule has 76 valence electrons. The lowest BCUT2D eigenvalue weighted by Gasteiger charge is -2.10. The molecule has 0 spiro atoms. The van der Waals surface area contributed by atoms with Crippen LogP contribution in [0.1, 0.15) is 24.2 Å². The Balaban J connectivity index is 3.28. The molecule has 4 heteroatoms. The number of halogens is 1. The third kappa shape index (κ3) is 2.37. The number of anilines is 1. The average Bonchev–Trinajstić information content (AvgIpc) is 2.01. The molecule has 1 aromatic carbocycles. The number of carbonyl (C=O) groups is 1. The van der Waals surface area contributed by atoms with Crippen molar-refractivity contribution in [1.82, 2.24) is 0 Å². The van der Waals surface area contributed by atoms with Crippen LogP contribution in [0.25, 0.3) is 0 Å². The molecule has 0 atom stereocenters. The molecule has 0 saturated carbocycles. The van der Waals surface area contributed by atoms with Gasteiger partial charge in [-0.15, -0.1) is 0 Å². The number of hydrogen-bond donors (Lipinski definition) is 1. The second-order valence-electron chi connectivity index (χ2n) is 2.86. The van der Waals surface area contributed by atoms with E-state index in [1.54, 1.807) is 6.07 Å². The van der Waals surface area contributed by atoms with Crippen LogP contribution >= 0.6 is 22.6 Å². The van der Waals surface area contributed by atoms with Crippen LogP contribution in [0, 0.1) is 3.57 Å². The lowest BCUT2D eigenvalue weighted by Crippen LogP contribution is -2.05. The summed E-state index contributed by atoms with van der Waals surface area (Å²) >= 11 is 2.14. The fourth-order valence-electron chi connectivity index (χ4n) is 1.25. The van der Waals surface area contributed by atoms with Crippen molar-refractivity contribution >= 4 is 34.1 Å². The van der Waals surface area contributed by atoms with Gasteiger partial charge in [0, 0.05) is 9.26 Å². The van der Waals surface area contributed by atoms with Crippen LogP contribution in [-0.2, 0) is 0 Å². The molecule has 0 heterocycles. The molecular formula is C10H12INO2. The smallest absolute Gasteiger partial charge is 0.165 e. The minimum Gasteiger partial charge on any atom is -0.493 e. The highest BCUT2D eigenvalue weighted by Gasteiger charge is 2.13. The molecule has 0 aliphatic heterocycles. The van der Waals surface area contributed by atoms with E-state index < -0.39 is 0 Å². The molecule has 0 saturated heterocycles. The third-order valence-corrected chi connectivity index (χ3v) is 2.37. The van der Waals surface area contributed by atoms with Crippen molar-refractivity contribution in [3.63, 3.8) is 0 Å². The number of benzene rings is 1. The van der Waals surface area contributed by atoms with E-state index in [0.717, 1.165) is 3.57 Å². The van der Waals surface area contributed by atoms with Gasteiger partial charge in [0.25, 0.3) is 0 Å². The maximum Gasteiger partial charge on any atom is 0.165 e. The van der Waals surface area contributed by atoms with Crippen LogP contribution in [-0.4, -0.2) is 12.4 Å². The average molecular weight is 305 g/mol. The van der Waals surface area contributed by atoms with Gasteiger partial charge < -0.3 is 10.5 Å². The maximum absolute atomic E-state index is 11.3. The summed E-state index contributed by atoms with van der Waals surface area (Å²) < 4.78 is 6.32. The quantitative estimate of drug-likeness (QED) is 0.530. The summed E-state index contributed by atoms with van der Waals surface area (Å²) in [5, 5.41) is 0. The Morgan fingerprint density at radius 1 is 1.57 bits per heavy atom. The molecule has 1 rings (SSSR count). The first-order chi connectivity index (χ1) is 6.56. The molecule has 1 aromatic rings. The van der Waals surface area contributed by atoms with E-state index in [0.29, 0.717) is 23.6 Å². The zero-order valence-electron chi connectivity index (χ0n) is 8.13. The molecule has 3 nitrogen and oxygen atoms in total. The Hall–Kier alpha value is -0.780. The van der Waals surface area contributed by atoms with Crippen molar-refractivity contribution in [2.24, 2.45) is 0 Å². The van der Waals surface area contributed by atoms with E-state index in [1.807, 2.05) is 13.0 Å². The van der Waals surface area contributed by atoms with Gasteiger partial charge in [0.2, 0.25) is 0 Å². The SMILES string of the molecule is CCOc1cc(I)cc(N)c1C(C)=O. The molecule has 0 aromatic heterocycles. The molecule has 0 aliphatic carbocycles. The van der Waals surface area contributed by atoms with E-state index in [4.69, 9.17) is 10.5 Å². The van der Waals surface area contributed by atoms with Gasteiger partial charge in [0.05, 0.1) is 12.2 Å². The van der Waals surface area contributed by atoms with E-state index in [-0.39, 0.29) is 5.78 Å². The molecule has 0 radical (unpaired) electrons. The van der Waals surface area contributed by atoms with Crippen LogP contribution in [0.2, 0.25) is 0 Å². The lowest BCUT2D eigenvalue weighted by atomic mass is 10.1. The van der Waals surface area contributed by atoms with E-state index in [2.05, 4.69) is 22.6 Å². The Morgan fingerprint density at radius 3 is 2.71 bits per heavy atom. The number of rotatable bonds is 3. The number of nitrogens with two attached hydrogens (primary N) is 1. The second kappa shape index (κ2) is 4.63. The first kappa shape index (κ1) is 11.3. The summed E-state index contributed by atoms with van der Waals surface area (Å²) in [5.41, 5.74) is 6.71. The van der Waals surface area contributed by atoms with E-state index in [9.17, 15) is 4.79 Å². The largest absolute Gasteiger partial charge is 0.493 e. The van der Waals surface area contributed by atoms with Crippen molar-refractivity contribution in [3.05, 3.63) is 21.3 Å². The van der Waals surface area contributed by atoms with Gasteiger partial charge in [-0.1, -0.05) is 0 Å². The Kier molecular flexibility index (Phi) is 3.74. The molecule has 0 fully saturated rings. The molecular weight excluding hydrogens is 293 g/mol. The van der Waals surface area contributed by atoms with E-state index in [1.165, 1.54) is 6.92 Å². The molecule has 0 amide bonds. The molecule has 0 bridgehead atoms. The Labute approximate surface area is 96.8 Å². The topological polar surface area (TPSA) is 52.3 Å². The van der Waals surface area contributed by atoms with Gasteiger partial charge in [-0.05, 0) is 48.6 Å². The summed E-state index contributed by atoms with van der Waals surface area (Å²) in [6, 6.07) is 3.58. The van der Waals surface area contributed by atoms with Gasteiger partial charge in [-0.25, -0.2) is 0 Å². The highest BCUT2D eigenvalue weighted by atomic mass is 127. The third-order valence-electron chi connectivity index (χ3n) is 1.75. The van der Waals surface area contributed by atoms with Crippen molar-refractivity contribution in [2.45, 2.75) is 13.8 Å². The standard InChI is InChI=1S/C10H12INO2/c1-3-14-9-5-7(11)4-8(12)10(9)6(2)13/h4-5H,3,12H2,1-2H3. The predicted octanol–water partition coefficient (Wildman–Crippen LogP) is 2.47. The zero-order chi connectivity index (χ0) is 10.7. The summed E-state index contributed by atoms with van der Waals surface area (Å²) in [7, 11) is 0. The maximum atomic E-state index is 11.3. The van der Waals surface area contributed by atoms with Crippen LogP contribution in [0.4, 0.5) is 5.69 Å². The van der Waals surface area contributed by atoms with Crippen LogP contribution < -0.4 is 10.5 Å². The molecule has 0 unspecified atom stereocenters. The van der Waals surface area contributed by atoms with Crippen molar-refractivity contribution in [1.29, 1.82) is 0 Å². The number of nitrogen functional groups attached to an aromatic ring is 1. The Bertz CT molecular complexity index is 363. The predicted molar refractivity (Wildman–Crippen MR) is 64.7 cm³/mol. The summed E-state index contributed by atoms with van der Waals surface area (Å²) in [4.78, 5) is 11.3. The zero-order valence-corrected chi connectivity index (χ0v) is 10.3. The lowest BCUT2D eigenvalue weighted by molar-refractivity contribution is 0.101. The minimum atomic E-state index is -0.0673. The highest BCUT2D eigenvalue weighted by molar-refractivity contribution is 14.1. The van der Waals surface area contributed by atoms with Crippen LogP contribution in [0.5, 0.6) is 5.75 Å². The number of ether oxygens (including phenoxy) is 1. The molecule has 14 heavy (non-hydrogen) atoms. The fraction of sp³-hybridized carbons (Fsp3) is 0.300. The van der Waals surface area contributed by atoms with Gasteiger partial charge in [0.1, 0.15) is 5.75 Å². The molecule has 2 N–H and O–H groups in total. The first-order valence-electron chi connectivity index (χ1n) is 4.29. The van der Waals surface area contributed by atoms with Gasteiger partial charge in [-0.3, -0.25) is 4.79 Å². The number of Topliss-reactive ketones (excluding diaryl/α,β-unsaturated/α-hetero) is 1. The van der Waals surface area contributed by atoms with Crippen molar-refractivity contribution in [2.75, 3.05) is 12.3 Å². The van der Waals surface area contributed by atoms with Crippen molar-refractivity contribution in [3.8, 4) is 5.75 Å². The van der Waals surface area contributed by atoms with E-state index >= 15 is 0 Å². The summed E-state index contributed by atoms with van der Waals surface area (Å²) in [6.45, 7) is 3.89. The number of ketones is 1. The normalized spacial score (nSPS) is 9.93. The fourth-order valence-corrected chi connectivity index (χ4v) is 1.87. The monoisotopic (exact) mass is 305 g/mol. The van der Waals surface area contributed by atoms with Gasteiger partial charge >= 0.3 is 0 Å². The summed E-state index contributed by atoms with van der Waals surface area (Å²) in [6.07, 6.45) is 0. The summed E-state index contributed by atoms with van der Waals surface area (Å²) in [5.74, 6) is 0.506. The number of carbonyl (C=O) groups excluding carboxylic acids is 1. The Morgan fingerprint density at radius 2 is 2.21 bits per heavy atom.